The van der Waals surface area contributed by atoms with Crippen molar-refractivity contribution in [3.8, 4) is 5.75 Å². The maximum absolute atomic E-state index is 6.19. The molecule has 0 aliphatic carbocycles. The van der Waals surface area contributed by atoms with Crippen molar-refractivity contribution in [1.82, 2.24) is 4.90 Å². The third-order valence-electron chi connectivity index (χ3n) is 4.62. The Labute approximate surface area is 183 Å². The number of nitrogens with zero attached hydrogens (tertiary/aromatic N) is 2. The highest BCUT2D eigenvalue weighted by molar-refractivity contribution is 14.0. The van der Waals surface area contributed by atoms with Crippen LogP contribution in [0.1, 0.15) is 24.4 Å². The van der Waals surface area contributed by atoms with Crippen molar-refractivity contribution in [2.45, 2.75) is 18.9 Å². The van der Waals surface area contributed by atoms with Crippen LogP contribution in [-0.4, -0.2) is 37.6 Å². The Morgan fingerprint density at radius 1 is 1.22 bits per heavy atom. The van der Waals surface area contributed by atoms with E-state index in [2.05, 4.69) is 21.3 Å². The zero-order valence-corrected chi connectivity index (χ0v) is 18.5. The van der Waals surface area contributed by atoms with Crippen LogP contribution in [0.4, 0.5) is 5.69 Å². The molecule has 0 radical (unpaired) electrons. The van der Waals surface area contributed by atoms with E-state index in [0.717, 1.165) is 29.5 Å². The van der Waals surface area contributed by atoms with E-state index in [0.29, 0.717) is 12.5 Å². The molecule has 1 fully saturated rings. The van der Waals surface area contributed by atoms with Gasteiger partial charge in [0.15, 0.2) is 5.96 Å². The molecular formula is C20H26ClIN4O. The van der Waals surface area contributed by atoms with Crippen LogP contribution in [0.25, 0.3) is 0 Å². The molecule has 2 aromatic rings. The van der Waals surface area contributed by atoms with E-state index in [-0.39, 0.29) is 30.0 Å². The smallest absolute Gasteiger partial charge is 0.193 e. The summed E-state index contributed by atoms with van der Waals surface area (Å²) in [7, 11) is 1.64. The van der Waals surface area contributed by atoms with E-state index in [9.17, 15) is 0 Å². The lowest BCUT2D eigenvalue weighted by Gasteiger charge is -2.27. The van der Waals surface area contributed by atoms with E-state index in [1.54, 1.807) is 7.11 Å². The summed E-state index contributed by atoms with van der Waals surface area (Å²) in [4.78, 5) is 7.04. The summed E-state index contributed by atoms with van der Waals surface area (Å²) in [5, 5.41) is 3.87. The summed E-state index contributed by atoms with van der Waals surface area (Å²) in [6.07, 6.45) is 2.44. The van der Waals surface area contributed by atoms with E-state index in [1.807, 2.05) is 42.5 Å². The van der Waals surface area contributed by atoms with Crippen LogP contribution in [-0.2, 0) is 0 Å². The van der Waals surface area contributed by atoms with Gasteiger partial charge >= 0.3 is 0 Å². The van der Waals surface area contributed by atoms with Gasteiger partial charge in [-0.25, -0.2) is 0 Å². The third-order valence-corrected chi connectivity index (χ3v) is 4.85. The molecule has 1 heterocycles. The highest BCUT2D eigenvalue weighted by Gasteiger charge is 2.23. The first-order chi connectivity index (χ1) is 12.7. The lowest BCUT2D eigenvalue weighted by atomic mass is 10.1. The molecule has 3 rings (SSSR count). The monoisotopic (exact) mass is 500 g/mol. The molecule has 5 nitrogen and oxygen atoms in total. The molecule has 27 heavy (non-hydrogen) atoms. The number of para-hydroxylation sites is 2. The molecule has 2 aromatic carbocycles. The summed E-state index contributed by atoms with van der Waals surface area (Å²) in [5.74, 6) is 1.11. The number of guanidine groups is 1. The quantitative estimate of drug-likeness (QED) is 0.348. The fourth-order valence-electron chi connectivity index (χ4n) is 3.31. The standard InChI is InChI=1S/C20H25ClN4O.HI/c1-26-19-10-3-2-9-17(19)24-20(22)23-14-18(25-11-4-5-12-25)15-7-6-8-16(21)13-15;/h2-3,6-10,13,18H,4-5,11-12,14H2,1H3,(H3,22,23,24);1H. The van der Waals surface area contributed by atoms with Gasteiger partial charge < -0.3 is 15.8 Å². The number of hydrogen-bond donors (Lipinski definition) is 2. The second-order valence-electron chi connectivity index (χ2n) is 6.37. The highest BCUT2D eigenvalue weighted by atomic mass is 127. The SMILES string of the molecule is COc1ccccc1NC(N)=NCC(c1cccc(Cl)c1)N1CCCC1.I. The van der Waals surface area contributed by atoms with Crippen molar-refractivity contribution in [2.75, 3.05) is 32.1 Å². The van der Waals surface area contributed by atoms with Crippen molar-refractivity contribution in [1.29, 1.82) is 0 Å². The Morgan fingerprint density at radius 3 is 2.67 bits per heavy atom. The first kappa shape index (κ1) is 21.8. The zero-order chi connectivity index (χ0) is 18.4. The molecule has 146 valence electrons. The second-order valence-corrected chi connectivity index (χ2v) is 6.80. The number of halogens is 2. The Kier molecular flexibility index (Phi) is 8.66. The third kappa shape index (κ3) is 5.99. The number of hydrogen-bond acceptors (Lipinski definition) is 3. The van der Waals surface area contributed by atoms with Crippen molar-refractivity contribution in [3.05, 3.63) is 59.1 Å². The van der Waals surface area contributed by atoms with Gasteiger partial charge in [-0.15, -0.1) is 24.0 Å². The van der Waals surface area contributed by atoms with Crippen molar-refractivity contribution in [3.63, 3.8) is 0 Å². The number of rotatable bonds is 6. The average Bonchev–Trinajstić information content (AvgIpc) is 3.17. The molecule has 1 unspecified atom stereocenters. The maximum Gasteiger partial charge on any atom is 0.193 e. The van der Waals surface area contributed by atoms with Crippen molar-refractivity contribution >= 4 is 47.2 Å². The number of likely N-dealkylation sites (tertiary alicyclic amines) is 1. The van der Waals surface area contributed by atoms with Crippen molar-refractivity contribution in [2.24, 2.45) is 10.7 Å². The number of nitrogens with two attached hydrogens (primary N) is 1. The first-order valence-corrected chi connectivity index (χ1v) is 9.24. The molecule has 3 N–H and O–H groups in total. The molecule has 0 aromatic heterocycles. The van der Waals surface area contributed by atoms with Crippen LogP contribution < -0.4 is 15.8 Å². The van der Waals surface area contributed by atoms with E-state index in [1.165, 1.54) is 18.4 Å². The van der Waals surface area contributed by atoms with E-state index >= 15 is 0 Å². The maximum atomic E-state index is 6.19. The van der Waals surface area contributed by atoms with Gasteiger partial charge in [-0.3, -0.25) is 9.89 Å². The zero-order valence-electron chi connectivity index (χ0n) is 15.4. The molecule has 1 saturated heterocycles. The minimum absolute atomic E-state index is 0. The molecule has 1 aliphatic rings. The van der Waals surface area contributed by atoms with Gasteiger partial charge in [0.1, 0.15) is 5.75 Å². The number of aliphatic imine (C=N–C) groups is 1. The van der Waals surface area contributed by atoms with Crippen LogP contribution in [0.3, 0.4) is 0 Å². The van der Waals surface area contributed by atoms with Crippen LogP contribution in [0.15, 0.2) is 53.5 Å². The molecule has 0 spiro atoms. The molecule has 0 bridgehead atoms. The Morgan fingerprint density at radius 2 is 1.96 bits per heavy atom. The number of anilines is 1. The minimum Gasteiger partial charge on any atom is -0.495 e. The molecule has 0 saturated carbocycles. The summed E-state index contributed by atoms with van der Waals surface area (Å²) in [6, 6.07) is 15.8. The van der Waals surface area contributed by atoms with E-state index < -0.39 is 0 Å². The highest BCUT2D eigenvalue weighted by Crippen LogP contribution is 2.27. The predicted octanol–water partition coefficient (Wildman–Crippen LogP) is 4.53. The predicted molar refractivity (Wildman–Crippen MR) is 124 cm³/mol. The van der Waals surface area contributed by atoms with Gasteiger partial charge in [0.2, 0.25) is 0 Å². The Bertz CT molecular complexity index is 765. The largest absolute Gasteiger partial charge is 0.495 e. The lowest BCUT2D eigenvalue weighted by Crippen LogP contribution is -2.30. The van der Waals surface area contributed by atoms with Gasteiger partial charge in [0.25, 0.3) is 0 Å². The fourth-order valence-corrected chi connectivity index (χ4v) is 3.51. The van der Waals surface area contributed by atoms with Gasteiger partial charge in [-0.1, -0.05) is 35.9 Å². The van der Waals surface area contributed by atoms with Crippen LogP contribution in [0.2, 0.25) is 5.02 Å². The normalized spacial score (nSPS) is 15.9. The van der Waals surface area contributed by atoms with Gasteiger partial charge in [-0.2, -0.15) is 0 Å². The molecular weight excluding hydrogens is 475 g/mol. The average molecular weight is 501 g/mol. The minimum atomic E-state index is 0. The number of nitrogens with one attached hydrogen (secondary N) is 1. The van der Waals surface area contributed by atoms with Crippen molar-refractivity contribution < 1.29 is 4.74 Å². The number of ether oxygens (including phenoxy) is 1. The molecule has 1 aliphatic heterocycles. The second kappa shape index (κ2) is 10.7. The molecule has 7 heteroatoms. The number of benzene rings is 2. The van der Waals surface area contributed by atoms with Gasteiger partial charge in [-0.05, 0) is 55.8 Å². The molecule has 1 atom stereocenters. The lowest BCUT2D eigenvalue weighted by molar-refractivity contribution is 0.252. The number of methoxy groups -OCH3 is 1. The van der Waals surface area contributed by atoms with Crippen LogP contribution >= 0.6 is 35.6 Å². The summed E-state index contributed by atoms with van der Waals surface area (Å²) in [6.45, 7) is 2.73. The summed E-state index contributed by atoms with van der Waals surface area (Å²) < 4.78 is 5.34. The fraction of sp³-hybridized carbons (Fsp3) is 0.350. The van der Waals surface area contributed by atoms with Gasteiger partial charge in [0, 0.05) is 5.02 Å². The molecule has 0 amide bonds. The summed E-state index contributed by atoms with van der Waals surface area (Å²) in [5.41, 5.74) is 8.10. The van der Waals surface area contributed by atoms with Crippen LogP contribution in [0, 0.1) is 0 Å². The topological polar surface area (TPSA) is 62.9 Å². The van der Waals surface area contributed by atoms with E-state index in [4.69, 9.17) is 22.1 Å². The Balaban J connectivity index is 0.00000261. The van der Waals surface area contributed by atoms with Gasteiger partial charge in [0.05, 0.1) is 25.4 Å². The first-order valence-electron chi connectivity index (χ1n) is 8.87. The summed E-state index contributed by atoms with van der Waals surface area (Å²) >= 11 is 6.19. The van der Waals surface area contributed by atoms with Crippen LogP contribution in [0.5, 0.6) is 5.75 Å². The Hall–Kier alpha value is -1.51.